The van der Waals surface area contributed by atoms with E-state index in [1.165, 1.54) is 19.3 Å². The van der Waals surface area contributed by atoms with E-state index < -0.39 is 0 Å². The molecule has 0 aromatic rings. The van der Waals surface area contributed by atoms with Gasteiger partial charge in [0.2, 0.25) is 0 Å². The van der Waals surface area contributed by atoms with Gasteiger partial charge in [0.1, 0.15) is 0 Å². The summed E-state index contributed by atoms with van der Waals surface area (Å²) < 4.78 is 0. The van der Waals surface area contributed by atoms with Crippen LogP contribution in [0.1, 0.15) is 26.2 Å². The number of nitrogens with one attached hydrogen (secondary N) is 1. The lowest BCUT2D eigenvalue weighted by molar-refractivity contribution is 0.683. The Morgan fingerprint density at radius 3 is 2.80 bits per heavy atom. The van der Waals surface area contributed by atoms with Gasteiger partial charge < -0.3 is 5.32 Å². The first-order chi connectivity index (χ1) is 4.91. The van der Waals surface area contributed by atoms with Gasteiger partial charge in [0.25, 0.3) is 0 Å². The van der Waals surface area contributed by atoms with E-state index in [1.807, 2.05) is 6.20 Å². The fourth-order valence-electron chi connectivity index (χ4n) is 0.677. The van der Waals surface area contributed by atoms with Crippen LogP contribution in [-0.2, 0) is 0 Å². The molecule has 0 aromatic heterocycles. The van der Waals surface area contributed by atoms with Crippen LogP contribution in [-0.4, -0.2) is 12.8 Å². The maximum Gasteiger partial charge on any atom is 0.0141 e. The molecule has 10 heavy (non-hydrogen) atoms. The fourth-order valence-corrected chi connectivity index (χ4v) is 0.909. The average molecular weight is 159 g/mol. The highest BCUT2D eigenvalue weighted by Gasteiger charge is 1.80. The van der Waals surface area contributed by atoms with Crippen LogP contribution in [0.25, 0.3) is 0 Å². The molecule has 1 nitrogen and oxygen atoms in total. The summed E-state index contributed by atoms with van der Waals surface area (Å²) in [5.41, 5.74) is 0. The van der Waals surface area contributed by atoms with Crippen molar-refractivity contribution in [3.05, 3.63) is 11.6 Å². The molecule has 0 saturated heterocycles. The van der Waals surface area contributed by atoms with E-state index in [4.69, 9.17) is 0 Å². The molecule has 0 radical (unpaired) electrons. The monoisotopic (exact) mass is 159 g/mol. The molecule has 2 heteroatoms. The van der Waals surface area contributed by atoms with Gasteiger partial charge >= 0.3 is 0 Å². The Morgan fingerprint density at radius 2 is 2.20 bits per heavy atom. The third-order valence-corrected chi connectivity index (χ3v) is 1.65. The Bertz CT molecular complexity index is 81.3. The molecule has 1 N–H and O–H groups in total. The van der Waals surface area contributed by atoms with Gasteiger partial charge in [-0.05, 0) is 18.1 Å². The lowest BCUT2D eigenvalue weighted by Crippen LogP contribution is -2.05. The van der Waals surface area contributed by atoms with Gasteiger partial charge in [0, 0.05) is 12.7 Å². The quantitative estimate of drug-likeness (QED) is 0.598. The number of hydrogen-bond donors (Lipinski definition) is 1. The third kappa shape index (κ3) is 7.89. The Hall–Kier alpha value is -0.110. The SMILES string of the molecule is CCCCCNC=CSC. The zero-order chi connectivity index (χ0) is 7.66. The number of thioether (sulfide) groups is 1. The molecule has 0 amide bonds. The Balaban J connectivity index is 2.83. The summed E-state index contributed by atoms with van der Waals surface area (Å²) in [6, 6.07) is 0. The maximum absolute atomic E-state index is 3.22. The molecule has 0 aliphatic heterocycles. The van der Waals surface area contributed by atoms with Crippen LogP contribution >= 0.6 is 11.8 Å². The van der Waals surface area contributed by atoms with Gasteiger partial charge in [-0.2, -0.15) is 0 Å². The Morgan fingerprint density at radius 1 is 1.40 bits per heavy atom. The number of hydrogen-bond acceptors (Lipinski definition) is 2. The van der Waals surface area contributed by atoms with Crippen LogP contribution < -0.4 is 5.32 Å². The molecular weight excluding hydrogens is 142 g/mol. The highest BCUT2D eigenvalue weighted by molar-refractivity contribution is 8.01. The van der Waals surface area contributed by atoms with Crippen LogP contribution in [0.5, 0.6) is 0 Å². The lowest BCUT2D eigenvalue weighted by atomic mass is 10.2. The van der Waals surface area contributed by atoms with Crippen molar-refractivity contribution in [2.45, 2.75) is 26.2 Å². The molecule has 0 rings (SSSR count). The Labute approximate surface area is 68.3 Å². The van der Waals surface area contributed by atoms with Crippen molar-refractivity contribution in [2.75, 3.05) is 12.8 Å². The van der Waals surface area contributed by atoms with Gasteiger partial charge in [0.05, 0.1) is 0 Å². The second-order valence-corrected chi connectivity index (χ2v) is 2.94. The molecule has 0 aromatic carbocycles. The largest absolute Gasteiger partial charge is 0.390 e. The first kappa shape index (κ1) is 9.89. The molecule has 0 atom stereocenters. The summed E-state index contributed by atoms with van der Waals surface area (Å²) in [6.45, 7) is 3.34. The molecule has 0 unspecified atom stereocenters. The van der Waals surface area contributed by atoms with Crippen LogP contribution in [0.3, 0.4) is 0 Å². The van der Waals surface area contributed by atoms with Crippen LogP contribution in [0.4, 0.5) is 0 Å². The van der Waals surface area contributed by atoms with Gasteiger partial charge in [0.15, 0.2) is 0 Å². The third-order valence-electron chi connectivity index (χ3n) is 1.25. The summed E-state index contributed by atoms with van der Waals surface area (Å²) in [7, 11) is 0. The molecule has 0 bridgehead atoms. The van der Waals surface area contributed by atoms with E-state index in [0.29, 0.717) is 0 Å². The number of rotatable bonds is 6. The normalized spacial score (nSPS) is 10.6. The van der Waals surface area contributed by atoms with E-state index in [1.54, 1.807) is 11.8 Å². The first-order valence-corrected chi connectivity index (χ1v) is 5.11. The average Bonchev–Trinajstić information content (AvgIpc) is 1.97. The molecule has 0 fully saturated rings. The molecule has 0 spiro atoms. The summed E-state index contributed by atoms with van der Waals surface area (Å²) >= 11 is 1.72. The summed E-state index contributed by atoms with van der Waals surface area (Å²) in [4.78, 5) is 0. The topological polar surface area (TPSA) is 12.0 Å². The zero-order valence-electron chi connectivity index (χ0n) is 6.89. The van der Waals surface area contributed by atoms with Gasteiger partial charge in [-0.25, -0.2) is 0 Å². The summed E-state index contributed by atoms with van der Waals surface area (Å²) in [5, 5.41) is 5.28. The molecular formula is C8H17NS. The van der Waals surface area contributed by atoms with E-state index in [9.17, 15) is 0 Å². The van der Waals surface area contributed by atoms with Crippen molar-refractivity contribution in [3.63, 3.8) is 0 Å². The van der Waals surface area contributed by atoms with E-state index in [0.717, 1.165) is 6.54 Å². The highest BCUT2D eigenvalue weighted by Crippen LogP contribution is 1.93. The van der Waals surface area contributed by atoms with Crippen LogP contribution in [0.2, 0.25) is 0 Å². The minimum absolute atomic E-state index is 1.12. The molecule has 0 aliphatic carbocycles. The minimum atomic E-state index is 1.12. The summed E-state index contributed by atoms with van der Waals surface area (Å²) in [5.74, 6) is 0. The Kier molecular flexibility index (Phi) is 8.79. The van der Waals surface area contributed by atoms with Crippen LogP contribution in [0, 0.1) is 0 Å². The predicted molar refractivity (Wildman–Crippen MR) is 50.2 cm³/mol. The molecule has 0 aliphatic rings. The van der Waals surface area contributed by atoms with Crippen molar-refractivity contribution in [1.29, 1.82) is 0 Å². The van der Waals surface area contributed by atoms with E-state index >= 15 is 0 Å². The second-order valence-electron chi connectivity index (χ2n) is 2.20. The van der Waals surface area contributed by atoms with E-state index in [-0.39, 0.29) is 0 Å². The lowest BCUT2D eigenvalue weighted by Gasteiger charge is -1.97. The van der Waals surface area contributed by atoms with Crippen molar-refractivity contribution >= 4 is 11.8 Å². The van der Waals surface area contributed by atoms with Crippen molar-refractivity contribution < 1.29 is 0 Å². The van der Waals surface area contributed by atoms with Crippen molar-refractivity contribution in [1.82, 2.24) is 5.32 Å². The smallest absolute Gasteiger partial charge is 0.0141 e. The number of unbranched alkanes of at least 4 members (excludes halogenated alkanes) is 2. The second kappa shape index (κ2) is 8.89. The first-order valence-electron chi connectivity index (χ1n) is 3.83. The summed E-state index contributed by atoms with van der Waals surface area (Å²) in [6.07, 6.45) is 7.99. The molecule has 60 valence electrons. The molecule has 0 saturated carbocycles. The minimum Gasteiger partial charge on any atom is -0.390 e. The van der Waals surface area contributed by atoms with Gasteiger partial charge in [-0.1, -0.05) is 19.8 Å². The van der Waals surface area contributed by atoms with Crippen molar-refractivity contribution in [2.24, 2.45) is 0 Å². The fraction of sp³-hybridized carbons (Fsp3) is 0.750. The van der Waals surface area contributed by atoms with E-state index in [2.05, 4.69) is 23.9 Å². The van der Waals surface area contributed by atoms with Gasteiger partial charge in [-0.15, -0.1) is 11.8 Å². The maximum atomic E-state index is 3.22. The standard InChI is InChI=1S/C8H17NS/c1-3-4-5-6-9-7-8-10-2/h7-9H,3-6H2,1-2H3. The van der Waals surface area contributed by atoms with Gasteiger partial charge in [-0.3, -0.25) is 0 Å². The highest BCUT2D eigenvalue weighted by atomic mass is 32.2. The van der Waals surface area contributed by atoms with Crippen LogP contribution in [0.15, 0.2) is 11.6 Å². The zero-order valence-corrected chi connectivity index (χ0v) is 7.71. The predicted octanol–water partition coefficient (Wildman–Crippen LogP) is 2.60. The molecule has 0 heterocycles. The van der Waals surface area contributed by atoms with Crippen molar-refractivity contribution in [3.8, 4) is 0 Å².